The summed E-state index contributed by atoms with van der Waals surface area (Å²) in [5.41, 5.74) is 2.95. The van der Waals surface area contributed by atoms with Gasteiger partial charge in [0.2, 0.25) is 0 Å². The molecule has 0 radical (unpaired) electrons. The van der Waals surface area contributed by atoms with Crippen LogP contribution in [0.15, 0.2) is 24.3 Å². The number of carbonyl (C=O) groups is 1. The highest BCUT2D eigenvalue weighted by Gasteiger charge is 2.20. The average Bonchev–Trinajstić information content (AvgIpc) is 3.16. The van der Waals surface area contributed by atoms with E-state index in [-0.39, 0.29) is 5.91 Å². The number of anilines is 1. The zero-order valence-electron chi connectivity index (χ0n) is 13.5. The minimum absolute atomic E-state index is 0.0595. The molecule has 122 valence electrons. The van der Waals surface area contributed by atoms with Crippen LogP contribution in [0.25, 0.3) is 0 Å². The van der Waals surface area contributed by atoms with Gasteiger partial charge in [0.25, 0.3) is 5.91 Å². The van der Waals surface area contributed by atoms with E-state index in [1.807, 2.05) is 42.6 Å². The third-order valence-electron chi connectivity index (χ3n) is 3.55. The number of amides is 1. The maximum atomic E-state index is 12.6. The van der Waals surface area contributed by atoms with Crippen LogP contribution >= 0.6 is 34.9 Å². The van der Waals surface area contributed by atoms with Crippen molar-refractivity contribution in [3.8, 4) is 0 Å². The van der Waals surface area contributed by atoms with E-state index < -0.39 is 0 Å². The Labute approximate surface area is 149 Å². The third kappa shape index (κ3) is 3.92. The summed E-state index contributed by atoms with van der Waals surface area (Å²) in [4.78, 5) is 17.8. The molecule has 1 amide bonds. The summed E-state index contributed by atoms with van der Waals surface area (Å²) < 4.78 is 0.490. The molecule has 2 heterocycles. The van der Waals surface area contributed by atoms with Crippen molar-refractivity contribution in [2.45, 2.75) is 31.3 Å². The van der Waals surface area contributed by atoms with Gasteiger partial charge in [-0.1, -0.05) is 26.0 Å². The molecule has 1 saturated heterocycles. The normalized spacial score (nSPS) is 15.3. The molecule has 1 aromatic heterocycles. The molecule has 0 aliphatic carbocycles. The molecule has 1 aliphatic rings. The van der Waals surface area contributed by atoms with Crippen LogP contribution in [0.5, 0.6) is 0 Å². The highest BCUT2D eigenvalue weighted by molar-refractivity contribution is 8.19. The van der Waals surface area contributed by atoms with Gasteiger partial charge in [-0.3, -0.25) is 4.79 Å². The largest absolute Gasteiger partial charge is 0.321 e. The van der Waals surface area contributed by atoms with Gasteiger partial charge in [-0.05, 0) is 24.6 Å². The van der Waals surface area contributed by atoms with Crippen LogP contribution in [-0.4, -0.2) is 22.4 Å². The molecule has 1 aliphatic heterocycles. The van der Waals surface area contributed by atoms with Crippen molar-refractivity contribution in [3.05, 3.63) is 45.4 Å². The van der Waals surface area contributed by atoms with Crippen LogP contribution in [0, 0.1) is 6.92 Å². The Morgan fingerprint density at radius 2 is 2.04 bits per heavy atom. The summed E-state index contributed by atoms with van der Waals surface area (Å²) in [5, 5.41) is 4.04. The number of thiazole rings is 1. The first-order chi connectivity index (χ1) is 11.0. The van der Waals surface area contributed by atoms with Crippen LogP contribution < -0.4 is 5.32 Å². The molecular formula is C17H20N2OS3. The van der Waals surface area contributed by atoms with Crippen LogP contribution in [0.1, 0.15) is 50.3 Å². The lowest BCUT2D eigenvalue weighted by Gasteiger charge is -2.11. The number of aryl methyl sites for hydroxylation is 1. The molecule has 3 rings (SSSR count). The Bertz CT molecular complexity index is 706. The molecule has 1 N–H and O–H groups in total. The van der Waals surface area contributed by atoms with Gasteiger partial charge < -0.3 is 5.32 Å². The lowest BCUT2D eigenvalue weighted by molar-refractivity contribution is 0.103. The first-order valence-corrected chi connectivity index (χ1v) is 10.6. The van der Waals surface area contributed by atoms with Crippen LogP contribution in [0.3, 0.4) is 0 Å². The molecule has 1 fully saturated rings. The fraction of sp³-hybridized carbons (Fsp3) is 0.412. The first-order valence-electron chi connectivity index (χ1n) is 7.66. The molecule has 0 spiro atoms. The number of benzene rings is 1. The molecule has 0 saturated carbocycles. The summed E-state index contributed by atoms with van der Waals surface area (Å²) in [6, 6.07) is 8.20. The Kier molecular flexibility index (Phi) is 5.34. The number of nitrogens with one attached hydrogen (secondary N) is 1. The molecule has 2 aromatic rings. The molecule has 0 bridgehead atoms. The highest BCUT2D eigenvalue weighted by Crippen LogP contribution is 2.45. The zero-order valence-corrected chi connectivity index (χ0v) is 15.9. The molecule has 0 atom stereocenters. The maximum Gasteiger partial charge on any atom is 0.267 e. The summed E-state index contributed by atoms with van der Waals surface area (Å²) >= 11 is 5.43. The van der Waals surface area contributed by atoms with Crippen molar-refractivity contribution < 1.29 is 4.79 Å². The second-order valence-corrected chi connectivity index (χ2v) is 9.53. The molecule has 3 nitrogen and oxygen atoms in total. The van der Waals surface area contributed by atoms with Crippen molar-refractivity contribution in [2.75, 3.05) is 16.8 Å². The number of aromatic nitrogens is 1. The Morgan fingerprint density at radius 3 is 2.70 bits per heavy atom. The van der Waals surface area contributed by atoms with E-state index in [4.69, 9.17) is 0 Å². The lowest BCUT2D eigenvalue weighted by Crippen LogP contribution is -2.11. The monoisotopic (exact) mass is 364 g/mol. The van der Waals surface area contributed by atoms with Gasteiger partial charge in [-0.25, -0.2) is 4.98 Å². The molecule has 23 heavy (non-hydrogen) atoms. The van der Waals surface area contributed by atoms with Crippen LogP contribution in [0.2, 0.25) is 0 Å². The van der Waals surface area contributed by atoms with Gasteiger partial charge in [-0.15, -0.1) is 34.9 Å². The average molecular weight is 365 g/mol. The van der Waals surface area contributed by atoms with Crippen molar-refractivity contribution in [1.29, 1.82) is 0 Å². The van der Waals surface area contributed by atoms with Crippen LogP contribution in [0.4, 0.5) is 5.69 Å². The van der Waals surface area contributed by atoms with Gasteiger partial charge >= 0.3 is 0 Å². The van der Waals surface area contributed by atoms with Crippen molar-refractivity contribution in [3.63, 3.8) is 0 Å². The Hall–Kier alpha value is -0.980. The van der Waals surface area contributed by atoms with Gasteiger partial charge in [-0.2, -0.15) is 0 Å². The van der Waals surface area contributed by atoms with E-state index in [2.05, 4.69) is 36.3 Å². The van der Waals surface area contributed by atoms with Crippen LogP contribution in [-0.2, 0) is 0 Å². The summed E-state index contributed by atoms with van der Waals surface area (Å²) in [5.74, 6) is 2.68. The van der Waals surface area contributed by atoms with E-state index >= 15 is 0 Å². The van der Waals surface area contributed by atoms with E-state index in [0.29, 0.717) is 15.4 Å². The fourth-order valence-corrected chi connectivity index (χ4v) is 6.18. The van der Waals surface area contributed by atoms with Gasteiger partial charge in [0, 0.05) is 23.1 Å². The predicted octanol–water partition coefficient (Wildman–Crippen LogP) is 5.31. The third-order valence-corrected chi connectivity index (χ3v) is 8.11. The lowest BCUT2D eigenvalue weighted by atomic mass is 10.2. The van der Waals surface area contributed by atoms with E-state index in [1.165, 1.54) is 28.4 Å². The number of carbonyl (C=O) groups excluding carboxylic acids is 1. The molecule has 6 heteroatoms. The highest BCUT2D eigenvalue weighted by atomic mass is 32.2. The molecule has 0 unspecified atom stereocenters. The Morgan fingerprint density at radius 1 is 1.30 bits per heavy atom. The summed E-state index contributed by atoms with van der Waals surface area (Å²) in [6.07, 6.45) is 0. The van der Waals surface area contributed by atoms with Gasteiger partial charge in [0.05, 0.1) is 15.3 Å². The van der Waals surface area contributed by atoms with Crippen molar-refractivity contribution >= 4 is 46.5 Å². The topological polar surface area (TPSA) is 42.0 Å². The number of hydrogen-bond acceptors (Lipinski definition) is 5. The van der Waals surface area contributed by atoms with E-state index in [9.17, 15) is 4.79 Å². The fourth-order valence-electron chi connectivity index (χ4n) is 2.38. The minimum Gasteiger partial charge on any atom is -0.321 e. The Balaban J connectivity index is 1.76. The number of thioether (sulfide) groups is 2. The number of nitrogens with zero attached hydrogens (tertiary/aromatic N) is 1. The SMILES string of the molecule is Cc1nc(C(C)C)sc1C(=O)Nc1cccc(C2SCCS2)c1. The van der Waals surface area contributed by atoms with Crippen molar-refractivity contribution in [2.24, 2.45) is 0 Å². The summed E-state index contributed by atoms with van der Waals surface area (Å²) in [6.45, 7) is 6.10. The zero-order chi connectivity index (χ0) is 16.4. The number of hydrogen-bond donors (Lipinski definition) is 1. The second kappa shape index (κ2) is 7.28. The smallest absolute Gasteiger partial charge is 0.267 e. The first kappa shape index (κ1) is 16.9. The standard InChI is InChI=1S/C17H20N2OS3/c1-10(2)16-18-11(3)14(23-16)15(20)19-13-6-4-5-12(9-13)17-21-7-8-22-17/h4-6,9-10,17H,7-8H2,1-3H3,(H,19,20). The van der Waals surface area contributed by atoms with E-state index in [0.717, 1.165) is 16.4 Å². The van der Waals surface area contributed by atoms with E-state index in [1.54, 1.807) is 0 Å². The maximum absolute atomic E-state index is 12.6. The van der Waals surface area contributed by atoms with Crippen molar-refractivity contribution in [1.82, 2.24) is 4.98 Å². The summed E-state index contributed by atoms with van der Waals surface area (Å²) in [7, 11) is 0. The van der Waals surface area contributed by atoms with Gasteiger partial charge in [0.1, 0.15) is 4.88 Å². The van der Waals surface area contributed by atoms with Gasteiger partial charge in [0.15, 0.2) is 0 Å². The minimum atomic E-state index is -0.0595. The molecule has 1 aromatic carbocycles. The quantitative estimate of drug-likeness (QED) is 0.799. The number of rotatable bonds is 4. The molecular weight excluding hydrogens is 344 g/mol. The second-order valence-electron chi connectivity index (χ2n) is 5.77. The predicted molar refractivity (Wildman–Crippen MR) is 103 cm³/mol.